The van der Waals surface area contributed by atoms with Gasteiger partial charge < -0.3 is 19.5 Å². The number of rotatable bonds is 9. The molecule has 0 radical (unpaired) electrons. The fraction of sp³-hybridized carbons (Fsp3) is 0.381. The number of likely N-dealkylation sites (N-methyl/N-ethyl adjacent to an activating group) is 1. The summed E-state index contributed by atoms with van der Waals surface area (Å²) in [7, 11) is 1.80. The SMILES string of the molecule is Cc1cccc(NC(=O)C[NH+](C)CC(=O)N(CCC#N)Cc2ccco2)c1C. The van der Waals surface area contributed by atoms with Crippen molar-refractivity contribution in [2.45, 2.75) is 26.8 Å². The third-order valence-corrected chi connectivity index (χ3v) is 4.57. The molecule has 2 aromatic rings. The first-order valence-electron chi connectivity index (χ1n) is 9.25. The van der Waals surface area contributed by atoms with Crippen LogP contribution in [0, 0.1) is 25.2 Å². The molecular formula is C21H27N4O3+. The maximum atomic E-state index is 12.6. The van der Waals surface area contributed by atoms with E-state index < -0.39 is 0 Å². The zero-order chi connectivity index (χ0) is 20.5. The van der Waals surface area contributed by atoms with Gasteiger partial charge in [-0.15, -0.1) is 0 Å². The normalized spacial score (nSPS) is 11.5. The molecule has 1 aromatic carbocycles. The van der Waals surface area contributed by atoms with Gasteiger partial charge in [0.05, 0.1) is 32.3 Å². The Bertz CT molecular complexity index is 840. The van der Waals surface area contributed by atoms with E-state index in [9.17, 15) is 9.59 Å². The minimum atomic E-state index is -0.145. The van der Waals surface area contributed by atoms with E-state index in [0.29, 0.717) is 18.8 Å². The molecule has 0 saturated carbocycles. The maximum absolute atomic E-state index is 12.6. The number of hydrogen-bond acceptors (Lipinski definition) is 4. The van der Waals surface area contributed by atoms with Crippen LogP contribution in [0.15, 0.2) is 41.0 Å². The van der Waals surface area contributed by atoms with Crippen molar-refractivity contribution in [3.8, 4) is 6.07 Å². The van der Waals surface area contributed by atoms with Gasteiger partial charge in [-0.1, -0.05) is 12.1 Å². The Kier molecular flexibility index (Phi) is 7.78. The van der Waals surface area contributed by atoms with E-state index in [2.05, 4.69) is 11.4 Å². The number of aryl methyl sites for hydroxylation is 1. The molecule has 0 fully saturated rings. The fourth-order valence-corrected chi connectivity index (χ4v) is 2.86. The highest BCUT2D eigenvalue weighted by Crippen LogP contribution is 2.17. The predicted octanol–water partition coefficient (Wildman–Crippen LogP) is 1.29. The lowest BCUT2D eigenvalue weighted by Crippen LogP contribution is -3.11. The molecule has 0 saturated heterocycles. The summed E-state index contributed by atoms with van der Waals surface area (Å²) in [5.74, 6) is 0.397. The second-order valence-electron chi connectivity index (χ2n) is 6.91. The number of nitrogens with zero attached hydrogens (tertiary/aromatic N) is 2. The number of hydrogen-bond donors (Lipinski definition) is 2. The zero-order valence-corrected chi connectivity index (χ0v) is 16.6. The molecule has 2 amide bonds. The van der Waals surface area contributed by atoms with Crippen molar-refractivity contribution < 1.29 is 18.9 Å². The van der Waals surface area contributed by atoms with Gasteiger partial charge in [0.15, 0.2) is 13.1 Å². The molecule has 148 valence electrons. The number of carbonyl (C=O) groups excluding carboxylic acids is 2. The number of carbonyl (C=O) groups is 2. The van der Waals surface area contributed by atoms with Gasteiger partial charge in [-0.25, -0.2) is 0 Å². The quantitative estimate of drug-likeness (QED) is 0.683. The summed E-state index contributed by atoms with van der Waals surface area (Å²) in [6, 6.07) is 11.4. The largest absolute Gasteiger partial charge is 0.467 e. The Labute approximate surface area is 165 Å². The number of benzene rings is 1. The molecule has 7 nitrogen and oxygen atoms in total. The van der Waals surface area contributed by atoms with Crippen LogP contribution in [0.1, 0.15) is 23.3 Å². The van der Waals surface area contributed by atoms with Crippen LogP contribution >= 0.6 is 0 Å². The van der Waals surface area contributed by atoms with Crippen molar-refractivity contribution in [1.29, 1.82) is 5.26 Å². The number of amides is 2. The summed E-state index contributed by atoms with van der Waals surface area (Å²) in [5.41, 5.74) is 2.93. The lowest BCUT2D eigenvalue weighted by Gasteiger charge is -2.22. The second kappa shape index (κ2) is 10.3. The molecule has 28 heavy (non-hydrogen) atoms. The Balaban J connectivity index is 1.90. The van der Waals surface area contributed by atoms with Crippen molar-refractivity contribution >= 4 is 17.5 Å². The van der Waals surface area contributed by atoms with Crippen molar-refractivity contribution in [3.05, 3.63) is 53.5 Å². The van der Waals surface area contributed by atoms with Crippen LogP contribution in [0.4, 0.5) is 5.69 Å². The Hall–Kier alpha value is -3.11. The van der Waals surface area contributed by atoms with Crippen LogP contribution in [0.25, 0.3) is 0 Å². The molecule has 0 bridgehead atoms. The molecule has 0 spiro atoms. The van der Waals surface area contributed by atoms with Gasteiger partial charge >= 0.3 is 0 Å². The molecule has 0 aliphatic carbocycles. The van der Waals surface area contributed by atoms with E-state index in [0.717, 1.165) is 21.7 Å². The zero-order valence-electron chi connectivity index (χ0n) is 16.6. The van der Waals surface area contributed by atoms with Crippen molar-refractivity contribution in [3.63, 3.8) is 0 Å². The monoisotopic (exact) mass is 383 g/mol. The van der Waals surface area contributed by atoms with Crippen molar-refractivity contribution in [2.75, 3.05) is 32.0 Å². The highest BCUT2D eigenvalue weighted by Gasteiger charge is 2.21. The fourth-order valence-electron chi connectivity index (χ4n) is 2.86. The topological polar surface area (TPSA) is 90.8 Å². The molecule has 0 aliphatic rings. The standard InChI is InChI=1S/C21H26N4O3/c1-16-7-4-9-19(17(16)2)23-20(26)14-24(3)15-21(27)25(11-6-10-22)13-18-8-5-12-28-18/h4-5,7-9,12H,6,11,13-15H2,1-3H3,(H,23,26)/p+1. The molecular weight excluding hydrogens is 356 g/mol. The third-order valence-electron chi connectivity index (χ3n) is 4.57. The number of nitriles is 1. The first-order chi connectivity index (χ1) is 13.4. The molecule has 1 heterocycles. The average molecular weight is 383 g/mol. The Morgan fingerprint density at radius 2 is 2.00 bits per heavy atom. The molecule has 0 aliphatic heterocycles. The van der Waals surface area contributed by atoms with E-state index in [1.54, 1.807) is 30.3 Å². The van der Waals surface area contributed by atoms with E-state index in [4.69, 9.17) is 9.68 Å². The van der Waals surface area contributed by atoms with Crippen LogP contribution in [-0.2, 0) is 16.1 Å². The van der Waals surface area contributed by atoms with Crippen LogP contribution in [-0.4, -0.2) is 43.4 Å². The van der Waals surface area contributed by atoms with Gasteiger partial charge in [-0.3, -0.25) is 9.59 Å². The molecule has 1 aromatic heterocycles. The minimum absolute atomic E-state index is 0.122. The molecule has 2 N–H and O–H groups in total. The lowest BCUT2D eigenvalue weighted by atomic mass is 10.1. The van der Waals surface area contributed by atoms with Crippen molar-refractivity contribution in [2.24, 2.45) is 0 Å². The Morgan fingerprint density at radius 3 is 2.68 bits per heavy atom. The van der Waals surface area contributed by atoms with Gasteiger partial charge in [0, 0.05) is 12.2 Å². The van der Waals surface area contributed by atoms with E-state index in [1.807, 2.05) is 32.0 Å². The molecule has 7 heteroatoms. The van der Waals surface area contributed by atoms with E-state index in [-0.39, 0.29) is 31.3 Å². The van der Waals surface area contributed by atoms with Crippen LogP contribution < -0.4 is 10.2 Å². The number of quaternary nitrogens is 1. The van der Waals surface area contributed by atoms with Crippen LogP contribution in [0.5, 0.6) is 0 Å². The third kappa shape index (κ3) is 6.25. The van der Waals surface area contributed by atoms with Gasteiger partial charge in [0.25, 0.3) is 11.8 Å². The molecule has 2 rings (SSSR count). The van der Waals surface area contributed by atoms with Gasteiger partial charge in [-0.2, -0.15) is 5.26 Å². The summed E-state index contributed by atoms with van der Waals surface area (Å²) < 4.78 is 5.30. The number of anilines is 1. The van der Waals surface area contributed by atoms with Crippen LogP contribution in [0.2, 0.25) is 0 Å². The maximum Gasteiger partial charge on any atom is 0.279 e. The lowest BCUT2D eigenvalue weighted by molar-refractivity contribution is -0.862. The average Bonchev–Trinajstić information content (AvgIpc) is 3.15. The van der Waals surface area contributed by atoms with Crippen LogP contribution in [0.3, 0.4) is 0 Å². The summed E-state index contributed by atoms with van der Waals surface area (Å²) in [6.45, 7) is 4.94. The van der Waals surface area contributed by atoms with E-state index in [1.165, 1.54) is 0 Å². The summed E-state index contributed by atoms with van der Waals surface area (Å²) in [4.78, 5) is 27.4. The Morgan fingerprint density at radius 1 is 1.21 bits per heavy atom. The summed E-state index contributed by atoms with van der Waals surface area (Å²) >= 11 is 0. The van der Waals surface area contributed by atoms with Gasteiger partial charge in [0.1, 0.15) is 5.76 Å². The first kappa shape index (κ1) is 21.2. The summed E-state index contributed by atoms with van der Waals surface area (Å²) in [6.07, 6.45) is 1.80. The van der Waals surface area contributed by atoms with Gasteiger partial charge in [0.2, 0.25) is 0 Å². The number of nitrogens with one attached hydrogen (secondary N) is 2. The highest BCUT2D eigenvalue weighted by atomic mass is 16.3. The predicted molar refractivity (Wildman–Crippen MR) is 106 cm³/mol. The highest BCUT2D eigenvalue weighted by molar-refractivity contribution is 5.92. The van der Waals surface area contributed by atoms with Crippen molar-refractivity contribution in [1.82, 2.24) is 4.90 Å². The molecule has 1 atom stereocenters. The van der Waals surface area contributed by atoms with E-state index >= 15 is 0 Å². The second-order valence-corrected chi connectivity index (χ2v) is 6.91. The molecule has 1 unspecified atom stereocenters. The smallest absolute Gasteiger partial charge is 0.279 e. The first-order valence-corrected chi connectivity index (χ1v) is 9.25. The minimum Gasteiger partial charge on any atom is -0.467 e. The van der Waals surface area contributed by atoms with Gasteiger partial charge in [-0.05, 0) is 43.2 Å². The summed E-state index contributed by atoms with van der Waals surface area (Å²) in [5, 5.41) is 11.7. The number of furan rings is 1.